The average Bonchev–Trinajstić information content (AvgIpc) is 3.16. The normalized spacial score (nSPS) is 11.8. The van der Waals surface area contributed by atoms with E-state index < -0.39 is 15.7 Å². The van der Waals surface area contributed by atoms with E-state index >= 15 is 0 Å². The molecule has 11 heteroatoms. The fourth-order valence-electron chi connectivity index (χ4n) is 3.98. The summed E-state index contributed by atoms with van der Waals surface area (Å²) in [6.07, 6.45) is 1.95. The van der Waals surface area contributed by atoms with Gasteiger partial charge in [0.25, 0.3) is 0 Å². The highest BCUT2D eigenvalue weighted by Crippen LogP contribution is 2.30. The summed E-state index contributed by atoms with van der Waals surface area (Å²) in [6, 6.07) is 11.1. The third kappa shape index (κ3) is 5.26. The minimum absolute atomic E-state index is 0.0210. The number of nitrogens with one attached hydrogen (secondary N) is 2. The lowest BCUT2D eigenvalue weighted by atomic mass is 10.1. The molecule has 190 valence electrons. The van der Waals surface area contributed by atoms with Crippen LogP contribution in [-0.4, -0.2) is 46.0 Å². The molecule has 0 atom stereocenters. The first-order valence-corrected chi connectivity index (χ1v) is 13.2. The molecule has 0 saturated carbocycles. The molecule has 0 spiro atoms. The Bertz CT molecular complexity index is 1540. The number of ether oxygens (including phenoxy) is 1. The number of aromatic amines is 1. The van der Waals surface area contributed by atoms with Gasteiger partial charge in [0.15, 0.2) is 5.65 Å². The molecule has 0 aliphatic heterocycles. The van der Waals surface area contributed by atoms with Gasteiger partial charge in [-0.1, -0.05) is 25.5 Å². The maximum atomic E-state index is 13.1. The van der Waals surface area contributed by atoms with E-state index in [0.29, 0.717) is 47.9 Å². The molecule has 10 nitrogen and oxygen atoms in total. The Morgan fingerprint density at radius 2 is 1.83 bits per heavy atom. The lowest BCUT2D eigenvalue weighted by Crippen LogP contribution is -2.26. The highest BCUT2D eigenvalue weighted by Gasteiger charge is 2.20. The van der Waals surface area contributed by atoms with Crippen LogP contribution in [0.3, 0.4) is 0 Å². The Morgan fingerprint density at radius 3 is 2.53 bits per heavy atom. The van der Waals surface area contributed by atoms with Gasteiger partial charge in [-0.2, -0.15) is 0 Å². The van der Waals surface area contributed by atoms with Crippen molar-refractivity contribution in [3.05, 3.63) is 70.0 Å². The second kappa shape index (κ2) is 10.5. The highest BCUT2D eigenvalue weighted by atomic mass is 32.2. The van der Waals surface area contributed by atoms with Gasteiger partial charge in [0.2, 0.25) is 10.0 Å². The molecule has 0 amide bonds. The van der Waals surface area contributed by atoms with Gasteiger partial charge in [-0.15, -0.1) is 0 Å². The number of hydrogen-bond donors (Lipinski definition) is 3. The van der Waals surface area contributed by atoms with E-state index in [9.17, 15) is 18.3 Å². The summed E-state index contributed by atoms with van der Waals surface area (Å²) in [5.74, 6) is 1.29. The first kappa shape index (κ1) is 25.4. The van der Waals surface area contributed by atoms with Crippen molar-refractivity contribution in [3.8, 4) is 22.9 Å². The Kier molecular flexibility index (Phi) is 7.41. The van der Waals surface area contributed by atoms with Crippen molar-refractivity contribution < 1.29 is 18.3 Å². The van der Waals surface area contributed by atoms with Crippen LogP contribution in [0.1, 0.15) is 37.4 Å². The predicted octanol–water partition coefficient (Wildman–Crippen LogP) is 2.97. The molecule has 2 heterocycles. The number of benzene rings is 2. The molecule has 0 radical (unpaired) electrons. The molecule has 4 rings (SSSR count). The SMILES string of the molecule is CCCc1nc(C)n2c(=O)[nH]c(-c3cc(S(=O)(=O)NCCc4ccc(O)cc4)ccc3OCC)nc12. The maximum absolute atomic E-state index is 13.1. The van der Waals surface area contributed by atoms with Crippen LogP contribution in [0.4, 0.5) is 0 Å². The first-order valence-electron chi connectivity index (χ1n) is 11.8. The molecule has 4 aromatic rings. The molecular weight excluding hydrogens is 482 g/mol. The quantitative estimate of drug-likeness (QED) is 0.297. The van der Waals surface area contributed by atoms with E-state index in [1.165, 1.54) is 16.5 Å². The van der Waals surface area contributed by atoms with Gasteiger partial charge < -0.3 is 9.84 Å². The van der Waals surface area contributed by atoms with Crippen molar-refractivity contribution in [1.29, 1.82) is 0 Å². The standard InChI is InChI=1S/C25H29N5O5S/c1-4-6-21-24-28-23(29-25(32)30(24)16(3)27-21)20-15-19(11-12-22(20)35-5-2)36(33,34)26-14-13-17-7-9-18(31)10-8-17/h7-12,15,26,31H,4-6,13-14H2,1-3H3,(H,28,29,32). The summed E-state index contributed by atoms with van der Waals surface area (Å²) < 4.78 is 35.8. The Morgan fingerprint density at radius 1 is 1.08 bits per heavy atom. The van der Waals surface area contributed by atoms with E-state index in [0.717, 1.165) is 12.0 Å². The number of hydrogen-bond acceptors (Lipinski definition) is 7. The van der Waals surface area contributed by atoms with Crippen molar-refractivity contribution in [1.82, 2.24) is 24.1 Å². The number of aromatic nitrogens is 4. The van der Waals surface area contributed by atoms with Gasteiger partial charge in [0.05, 0.1) is 22.8 Å². The largest absolute Gasteiger partial charge is 0.508 e. The number of sulfonamides is 1. The van der Waals surface area contributed by atoms with Crippen LogP contribution in [0.5, 0.6) is 11.5 Å². The molecular formula is C25H29N5O5S. The Labute approximate surface area is 209 Å². The number of imidazole rings is 1. The molecule has 0 bridgehead atoms. The molecule has 0 aliphatic carbocycles. The summed E-state index contributed by atoms with van der Waals surface area (Å²) in [5, 5.41) is 9.41. The van der Waals surface area contributed by atoms with E-state index in [4.69, 9.17) is 4.74 Å². The molecule has 0 aliphatic rings. The third-order valence-electron chi connectivity index (χ3n) is 5.68. The predicted molar refractivity (Wildman–Crippen MR) is 136 cm³/mol. The van der Waals surface area contributed by atoms with Crippen LogP contribution in [0.15, 0.2) is 52.2 Å². The van der Waals surface area contributed by atoms with E-state index in [1.807, 2.05) is 13.8 Å². The van der Waals surface area contributed by atoms with Crippen LogP contribution in [0.2, 0.25) is 0 Å². The number of H-pyrrole nitrogens is 1. The fourth-order valence-corrected chi connectivity index (χ4v) is 5.03. The van der Waals surface area contributed by atoms with Gasteiger partial charge in [0, 0.05) is 6.54 Å². The third-order valence-corrected chi connectivity index (χ3v) is 7.14. The molecule has 2 aromatic heterocycles. The monoisotopic (exact) mass is 511 g/mol. The average molecular weight is 512 g/mol. The van der Waals surface area contributed by atoms with E-state index in [-0.39, 0.29) is 23.0 Å². The first-order chi connectivity index (χ1) is 17.2. The summed E-state index contributed by atoms with van der Waals surface area (Å²) in [6.45, 7) is 6.10. The number of phenolic OH excluding ortho intramolecular Hbond substituents is 1. The Balaban J connectivity index is 1.70. The van der Waals surface area contributed by atoms with Gasteiger partial charge in [-0.3, -0.25) is 4.98 Å². The maximum Gasteiger partial charge on any atom is 0.334 e. The molecule has 2 aromatic carbocycles. The van der Waals surface area contributed by atoms with Crippen molar-refractivity contribution in [2.75, 3.05) is 13.2 Å². The zero-order chi connectivity index (χ0) is 25.9. The molecule has 0 unspecified atom stereocenters. The number of aryl methyl sites for hydroxylation is 2. The summed E-state index contributed by atoms with van der Waals surface area (Å²) >= 11 is 0. The minimum atomic E-state index is -3.86. The second-order valence-corrected chi connectivity index (χ2v) is 10.1. The fraction of sp³-hybridized carbons (Fsp3) is 0.320. The van der Waals surface area contributed by atoms with E-state index in [2.05, 4.69) is 19.7 Å². The number of rotatable bonds is 10. The van der Waals surface area contributed by atoms with Crippen LogP contribution < -0.4 is 15.1 Å². The van der Waals surface area contributed by atoms with Gasteiger partial charge in [-0.25, -0.2) is 32.3 Å². The zero-order valence-corrected chi connectivity index (χ0v) is 21.2. The highest BCUT2D eigenvalue weighted by molar-refractivity contribution is 7.89. The molecule has 0 saturated heterocycles. The zero-order valence-electron chi connectivity index (χ0n) is 20.4. The smallest absolute Gasteiger partial charge is 0.334 e. The molecule has 3 N–H and O–H groups in total. The Hall–Kier alpha value is -3.70. The van der Waals surface area contributed by atoms with Gasteiger partial charge >= 0.3 is 5.69 Å². The summed E-state index contributed by atoms with van der Waals surface area (Å²) in [7, 11) is -3.86. The van der Waals surface area contributed by atoms with Crippen molar-refractivity contribution in [2.45, 2.75) is 44.9 Å². The number of nitrogens with zero attached hydrogens (tertiary/aromatic N) is 3. The number of aromatic hydroxyl groups is 1. The van der Waals surface area contributed by atoms with Crippen molar-refractivity contribution >= 4 is 15.7 Å². The van der Waals surface area contributed by atoms with Crippen LogP contribution >= 0.6 is 0 Å². The lowest BCUT2D eigenvalue weighted by molar-refractivity contribution is 0.341. The van der Waals surface area contributed by atoms with E-state index in [1.54, 1.807) is 37.3 Å². The van der Waals surface area contributed by atoms with Crippen LogP contribution in [-0.2, 0) is 22.9 Å². The van der Waals surface area contributed by atoms with Crippen molar-refractivity contribution in [2.24, 2.45) is 0 Å². The number of phenols is 1. The number of fused-ring (bicyclic) bond motifs is 1. The minimum Gasteiger partial charge on any atom is -0.508 e. The topological polar surface area (TPSA) is 139 Å². The van der Waals surface area contributed by atoms with Crippen LogP contribution in [0, 0.1) is 6.92 Å². The lowest BCUT2D eigenvalue weighted by Gasteiger charge is -2.13. The summed E-state index contributed by atoms with van der Waals surface area (Å²) in [4.78, 5) is 24.8. The second-order valence-electron chi connectivity index (χ2n) is 8.31. The molecule has 36 heavy (non-hydrogen) atoms. The van der Waals surface area contributed by atoms with Crippen LogP contribution in [0.25, 0.3) is 17.0 Å². The summed E-state index contributed by atoms with van der Waals surface area (Å²) in [5.41, 5.74) is 1.98. The van der Waals surface area contributed by atoms with Gasteiger partial charge in [0.1, 0.15) is 23.1 Å². The van der Waals surface area contributed by atoms with Gasteiger partial charge in [-0.05, 0) is 62.6 Å². The van der Waals surface area contributed by atoms with Crippen molar-refractivity contribution in [3.63, 3.8) is 0 Å². The molecule has 0 fully saturated rings.